The summed E-state index contributed by atoms with van der Waals surface area (Å²) in [6.07, 6.45) is 10.8. The summed E-state index contributed by atoms with van der Waals surface area (Å²) < 4.78 is 0. The van der Waals surface area contributed by atoms with Gasteiger partial charge in [0.15, 0.2) is 0 Å². The maximum atomic E-state index is 12.2. The summed E-state index contributed by atoms with van der Waals surface area (Å²) in [5.41, 5.74) is 1.25. The van der Waals surface area contributed by atoms with E-state index in [-0.39, 0.29) is 11.8 Å². The Morgan fingerprint density at radius 2 is 1.54 bits per heavy atom. The zero-order valence-electron chi connectivity index (χ0n) is 16.9. The summed E-state index contributed by atoms with van der Waals surface area (Å²) in [5.74, 6) is 3.91. The molecule has 3 rings (SSSR count). The molecule has 1 aromatic rings. The minimum Gasteiger partial charge on any atom is -0.341 e. The SMILES string of the molecule is CC(C)C(=O)[C@H]1CC[C@@H](c2cnc(N3CCC(C(C)C)CC3)nc2)CC1. The third-order valence-electron chi connectivity index (χ3n) is 6.59. The summed E-state index contributed by atoms with van der Waals surface area (Å²) >= 11 is 0. The summed E-state index contributed by atoms with van der Waals surface area (Å²) in [6, 6.07) is 0. The first-order valence-electron chi connectivity index (χ1n) is 10.6. The lowest BCUT2D eigenvalue weighted by atomic mass is 9.76. The van der Waals surface area contributed by atoms with Crippen LogP contribution < -0.4 is 4.90 Å². The molecular weight excluding hydrogens is 322 g/mol. The van der Waals surface area contributed by atoms with Crippen molar-refractivity contribution in [2.75, 3.05) is 18.0 Å². The van der Waals surface area contributed by atoms with E-state index in [1.54, 1.807) is 0 Å². The molecule has 1 aliphatic carbocycles. The van der Waals surface area contributed by atoms with Crippen molar-refractivity contribution >= 4 is 11.7 Å². The van der Waals surface area contributed by atoms with Gasteiger partial charge in [-0.25, -0.2) is 9.97 Å². The molecule has 1 aliphatic heterocycles. The number of nitrogens with zero attached hydrogens (tertiary/aromatic N) is 3. The molecule has 2 fully saturated rings. The van der Waals surface area contributed by atoms with Gasteiger partial charge in [0.2, 0.25) is 5.95 Å². The Bertz CT molecular complexity index is 580. The third kappa shape index (κ3) is 4.44. The normalized spacial score (nSPS) is 25.1. The molecule has 0 bridgehead atoms. The maximum Gasteiger partial charge on any atom is 0.225 e. The van der Waals surface area contributed by atoms with Crippen LogP contribution in [0, 0.1) is 23.7 Å². The number of hydrogen-bond donors (Lipinski definition) is 0. The van der Waals surface area contributed by atoms with Gasteiger partial charge in [-0.15, -0.1) is 0 Å². The number of Topliss-reactive ketones (excluding diaryl/α,β-unsaturated/α-hetero) is 1. The molecule has 0 aromatic carbocycles. The van der Waals surface area contributed by atoms with Crippen molar-refractivity contribution in [3.05, 3.63) is 18.0 Å². The molecule has 2 heterocycles. The lowest BCUT2D eigenvalue weighted by Crippen LogP contribution is -2.36. The fourth-order valence-electron chi connectivity index (χ4n) is 4.65. The van der Waals surface area contributed by atoms with Crippen molar-refractivity contribution in [2.45, 2.75) is 72.1 Å². The van der Waals surface area contributed by atoms with Crippen LogP contribution in [0.25, 0.3) is 0 Å². The minimum atomic E-state index is 0.166. The van der Waals surface area contributed by atoms with Crippen LogP contribution in [0.3, 0.4) is 0 Å². The second-order valence-electron chi connectivity index (χ2n) is 8.99. The van der Waals surface area contributed by atoms with Crippen LogP contribution in [0.15, 0.2) is 12.4 Å². The Balaban J connectivity index is 1.53. The molecule has 4 heteroatoms. The average Bonchev–Trinajstić information content (AvgIpc) is 2.67. The number of carbonyl (C=O) groups excluding carboxylic acids is 1. The van der Waals surface area contributed by atoms with Gasteiger partial charge in [-0.2, -0.15) is 0 Å². The molecule has 0 spiro atoms. The largest absolute Gasteiger partial charge is 0.341 e. The van der Waals surface area contributed by atoms with Crippen LogP contribution in [0.2, 0.25) is 0 Å². The highest BCUT2D eigenvalue weighted by Gasteiger charge is 2.29. The van der Waals surface area contributed by atoms with Gasteiger partial charge in [-0.3, -0.25) is 4.79 Å². The van der Waals surface area contributed by atoms with Gasteiger partial charge in [0.05, 0.1) is 0 Å². The number of carbonyl (C=O) groups is 1. The Labute approximate surface area is 158 Å². The summed E-state index contributed by atoms with van der Waals surface area (Å²) in [6.45, 7) is 10.8. The lowest BCUT2D eigenvalue weighted by molar-refractivity contribution is -0.126. The van der Waals surface area contributed by atoms with Crippen molar-refractivity contribution in [3.63, 3.8) is 0 Å². The maximum absolute atomic E-state index is 12.2. The first-order chi connectivity index (χ1) is 12.5. The quantitative estimate of drug-likeness (QED) is 0.756. The number of aromatic nitrogens is 2. The lowest BCUT2D eigenvalue weighted by Gasteiger charge is -2.34. The Hall–Kier alpha value is -1.45. The number of ketones is 1. The Kier molecular flexibility index (Phi) is 6.31. The number of anilines is 1. The van der Waals surface area contributed by atoms with Crippen molar-refractivity contribution < 1.29 is 4.79 Å². The highest BCUT2D eigenvalue weighted by atomic mass is 16.1. The number of hydrogen-bond acceptors (Lipinski definition) is 4. The number of piperidine rings is 1. The summed E-state index contributed by atoms with van der Waals surface area (Å²) in [5, 5.41) is 0. The molecule has 4 nitrogen and oxygen atoms in total. The molecule has 0 radical (unpaired) electrons. The second-order valence-corrected chi connectivity index (χ2v) is 8.99. The van der Waals surface area contributed by atoms with E-state index in [0.29, 0.717) is 11.7 Å². The molecule has 0 unspecified atom stereocenters. The van der Waals surface area contributed by atoms with Gasteiger partial charge in [-0.05, 0) is 61.8 Å². The van der Waals surface area contributed by atoms with Gasteiger partial charge in [0.25, 0.3) is 0 Å². The molecule has 0 N–H and O–H groups in total. The van der Waals surface area contributed by atoms with E-state index in [9.17, 15) is 4.79 Å². The smallest absolute Gasteiger partial charge is 0.225 e. The van der Waals surface area contributed by atoms with Crippen molar-refractivity contribution in [3.8, 4) is 0 Å². The standard InChI is InChI=1S/C22H35N3O/c1-15(2)17-9-11-25(12-10-17)22-23-13-20(14-24-22)18-5-7-19(8-6-18)21(26)16(3)4/h13-19H,5-12H2,1-4H3/t18-,19+. The average molecular weight is 358 g/mol. The fraction of sp³-hybridized carbons (Fsp3) is 0.773. The summed E-state index contributed by atoms with van der Waals surface area (Å²) in [7, 11) is 0. The van der Waals surface area contributed by atoms with E-state index < -0.39 is 0 Å². The van der Waals surface area contributed by atoms with E-state index in [0.717, 1.165) is 56.6 Å². The molecule has 26 heavy (non-hydrogen) atoms. The van der Waals surface area contributed by atoms with Crippen LogP contribution in [0.4, 0.5) is 5.95 Å². The summed E-state index contributed by atoms with van der Waals surface area (Å²) in [4.78, 5) is 23.9. The molecule has 1 aromatic heterocycles. The predicted octanol–water partition coefficient (Wildman–Crippen LogP) is 4.85. The van der Waals surface area contributed by atoms with E-state index in [4.69, 9.17) is 0 Å². The monoisotopic (exact) mass is 357 g/mol. The van der Waals surface area contributed by atoms with Crippen LogP contribution in [0.5, 0.6) is 0 Å². The zero-order chi connectivity index (χ0) is 18.7. The van der Waals surface area contributed by atoms with Gasteiger partial charge in [0.1, 0.15) is 5.78 Å². The van der Waals surface area contributed by atoms with Crippen LogP contribution in [0.1, 0.15) is 77.7 Å². The van der Waals surface area contributed by atoms with E-state index in [1.165, 1.54) is 18.4 Å². The van der Waals surface area contributed by atoms with E-state index in [2.05, 4.69) is 28.7 Å². The highest BCUT2D eigenvalue weighted by molar-refractivity contribution is 5.82. The first-order valence-corrected chi connectivity index (χ1v) is 10.6. The number of rotatable bonds is 5. The van der Waals surface area contributed by atoms with Crippen molar-refractivity contribution in [1.29, 1.82) is 0 Å². The first kappa shape index (κ1) is 19.3. The van der Waals surface area contributed by atoms with Gasteiger partial charge >= 0.3 is 0 Å². The fourth-order valence-corrected chi connectivity index (χ4v) is 4.65. The molecule has 2 aliphatic rings. The molecular formula is C22H35N3O. The Morgan fingerprint density at radius 3 is 2.04 bits per heavy atom. The molecule has 1 saturated carbocycles. The van der Waals surface area contributed by atoms with Crippen molar-refractivity contribution in [1.82, 2.24) is 9.97 Å². The van der Waals surface area contributed by atoms with Gasteiger partial charge in [-0.1, -0.05) is 27.7 Å². The second kappa shape index (κ2) is 8.49. The van der Waals surface area contributed by atoms with E-state index >= 15 is 0 Å². The van der Waals surface area contributed by atoms with Crippen LogP contribution in [-0.4, -0.2) is 28.8 Å². The van der Waals surface area contributed by atoms with Crippen molar-refractivity contribution in [2.24, 2.45) is 23.7 Å². The molecule has 1 saturated heterocycles. The molecule has 0 amide bonds. The predicted molar refractivity (Wildman–Crippen MR) is 106 cm³/mol. The van der Waals surface area contributed by atoms with Crippen LogP contribution in [-0.2, 0) is 4.79 Å². The van der Waals surface area contributed by atoms with E-state index in [1.807, 2.05) is 26.2 Å². The van der Waals surface area contributed by atoms with Crippen LogP contribution >= 0.6 is 0 Å². The Morgan fingerprint density at radius 1 is 0.962 bits per heavy atom. The van der Waals surface area contributed by atoms with Gasteiger partial charge < -0.3 is 4.90 Å². The molecule has 144 valence electrons. The topological polar surface area (TPSA) is 46.1 Å². The highest BCUT2D eigenvalue weighted by Crippen LogP contribution is 2.37. The minimum absolute atomic E-state index is 0.166. The molecule has 0 atom stereocenters. The zero-order valence-corrected chi connectivity index (χ0v) is 16.9. The van der Waals surface area contributed by atoms with Gasteiger partial charge in [0, 0.05) is 37.3 Å². The third-order valence-corrected chi connectivity index (χ3v) is 6.59.